The largest absolute Gasteiger partial charge is 0.497 e. The van der Waals surface area contributed by atoms with E-state index in [0.29, 0.717) is 22.7 Å². The van der Waals surface area contributed by atoms with E-state index in [9.17, 15) is 18.8 Å². The Morgan fingerprint density at radius 3 is 1.97 bits per heavy atom. The number of halogens is 1. The molecule has 0 saturated carbocycles. The maximum absolute atomic E-state index is 13.6. The first-order valence-corrected chi connectivity index (χ1v) is 10.2. The molecule has 2 aliphatic rings. The third kappa shape index (κ3) is 3.06. The Morgan fingerprint density at radius 1 is 0.758 bits per heavy atom. The van der Waals surface area contributed by atoms with E-state index in [1.807, 2.05) is 0 Å². The van der Waals surface area contributed by atoms with Crippen LogP contribution in [-0.4, -0.2) is 42.9 Å². The summed E-state index contributed by atoms with van der Waals surface area (Å²) in [5, 5.41) is 0. The minimum Gasteiger partial charge on any atom is -0.497 e. The van der Waals surface area contributed by atoms with Crippen molar-refractivity contribution in [2.24, 2.45) is 0 Å². The number of hydrogen-bond donors (Lipinski definition) is 0. The van der Waals surface area contributed by atoms with Crippen molar-refractivity contribution in [1.29, 1.82) is 0 Å². The van der Waals surface area contributed by atoms with Crippen molar-refractivity contribution in [2.75, 3.05) is 19.1 Å². The second-order valence-electron chi connectivity index (χ2n) is 7.71. The van der Waals surface area contributed by atoms with Crippen LogP contribution in [0.5, 0.6) is 11.5 Å². The van der Waals surface area contributed by atoms with Gasteiger partial charge in [-0.05, 0) is 42.0 Å². The number of carbonyl (C=O) groups excluding carboxylic acids is 3. The fraction of sp³-hybridized carbons (Fsp3) is 0.160. The van der Waals surface area contributed by atoms with E-state index in [-0.39, 0.29) is 11.1 Å². The highest BCUT2D eigenvalue weighted by Gasteiger charge is 2.57. The number of ether oxygens (including phenoxy) is 2. The van der Waals surface area contributed by atoms with Crippen LogP contribution in [-0.2, 0) is 4.79 Å². The van der Waals surface area contributed by atoms with Gasteiger partial charge >= 0.3 is 0 Å². The van der Waals surface area contributed by atoms with Gasteiger partial charge in [0.2, 0.25) is 0 Å². The topological polar surface area (TPSA) is 76.2 Å². The number of methoxy groups -OCH3 is 2. The van der Waals surface area contributed by atoms with Crippen LogP contribution < -0.4 is 14.4 Å². The van der Waals surface area contributed by atoms with Crippen LogP contribution in [0.25, 0.3) is 0 Å². The molecule has 2 aliphatic heterocycles. The molecule has 3 aromatic rings. The second-order valence-corrected chi connectivity index (χ2v) is 7.71. The molecule has 1 saturated heterocycles. The lowest BCUT2D eigenvalue weighted by Gasteiger charge is -2.50. The number of β-lactam (4-membered cyclic amide) rings is 1. The molecule has 2 unspecified atom stereocenters. The summed E-state index contributed by atoms with van der Waals surface area (Å²) in [7, 11) is 2.99. The summed E-state index contributed by atoms with van der Waals surface area (Å²) in [6.07, 6.45) is 0. The van der Waals surface area contributed by atoms with Crippen molar-refractivity contribution in [3.05, 3.63) is 89.2 Å². The van der Waals surface area contributed by atoms with Gasteiger partial charge in [0.1, 0.15) is 23.4 Å². The van der Waals surface area contributed by atoms with E-state index < -0.39 is 35.6 Å². The predicted molar refractivity (Wildman–Crippen MR) is 117 cm³/mol. The highest BCUT2D eigenvalue weighted by atomic mass is 19.1. The number of nitrogens with zero attached hydrogens (tertiary/aromatic N) is 2. The zero-order valence-corrected chi connectivity index (χ0v) is 17.8. The zero-order chi connectivity index (χ0) is 23.3. The van der Waals surface area contributed by atoms with Crippen molar-refractivity contribution < 1.29 is 28.2 Å². The Bertz CT molecular complexity index is 1260. The summed E-state index contributed by atoms with van der Waals surface area (Å²) in [6.45, 7) is 0. The number of rotatable bonds is 5. The third-order valence-corrected chi connectivity index (χ3v) is 6.03. The molecule has 0 N–H and O–H groups in total. The first-order chi connectivity index (χ1) is 16.0. The maximum atomic E-state index is 13.6. The Kier molecular flexibility index (Phi) is 4.85. The summed E-state index contributed by atoms with van der Waals surface area (Å²) in [4.78, 5) is 42.2. The molecule has 2 heterocycles. The molecule has 2 atom stereocenters. The minimum atomic E-state index is -1.07. The Labute approximate surface area is 188 Å². The molecule has 3 amide bonds. The van der Waals surface area contributed by atoms with Gasteiger partial charge in [0.05, 0.1) is 37.1 Å². The lowest BCUT2D eigenvalue weighted by atomic mass is 9.86. The molecule has 0 radical (unpaired) electrons. The molecule has 5 rings (SSSR count). The number of carbonyl (C=O) groups is 3. The second kappa shape index (κ2) is 7.74. The molecule has 1 fully saturated rings. The molecule has 33 heavy (non-hydrogen) atoms. The fourth-order valence-electron chi connectivity index (χ4n) is 4.43. The Morgan fingerprint density at radius 2 is 1.39 bits per heavy atom. The van der Waals surface area contributed by atoms with E-state index in [0.717, 1.165) is 4.90 Å². The van der Waals surface area contributed by atoms with E-state index in [1.165, 1.54) is 31.3 Å². The maximum Gasteiger partial charge on any atom is 0.262 e. The van der Waals surface area contributed by atoms with Crippen molar-refractivity contribution in [3.63, 3.8) is 0 Å². The highest BCUT2D eigenvalue weighted by Crippen LogP contribution is 2.47. The summed E-state index contributed by atoms with van der Waals surface area (Å²) in [6, 6.07) is 15.3. The van der Waals surface area contributed by atoms with E-state index >= 15 is 0 Å². The summed E-state index contributed by atoms with van der Waals surface area (Å²) < 4.78 is 24.3. The van der Waals surface area contributed by atoms with Crippen LogP contribution in [0.15, 0.2) is 66.7 Å². The minimum absolute atomic E-state index is 0.258. The quantitative estimate of drug-likeness (QED) is 0.442. The average Bonchev–Trinajstić information content (AvgIpc) is 3.08. The van der Waals surface area contributed by atoms with Crippen molar-refractivity contribution in [2.45, 2.75) is 12.1 Å². The van der Waals surface area contributed by atoms with Crippen LogP contribution in [0.3, 0.4) is 0 Å². The van der Waals surface area contributed by atoms with Crippen molar-refractivity contribution in [1.82, 2.24) is 4.90 Å². The third-order valence-electron chi connectivity index (χ3n) is 6.03. The highest BCUT2D eigenvalue weighted by molar-refractivity contribution is 6.24. The average molecular weight is 446 g/mol. The van der Waals surface area contributed by atoms with Crippen LogP contribution in [0.4, 0.5) is 10.1 Å². The molecular weight excluding hydrogens is 427 g/mol. The number of imide groups is 1. The van der Waals surface area contributed by atoms with Gasteiger partial charge in [0.25, 0.3) is 17.7 Å². The molecule has 0 bridgehead atoms. The molecule has 166 valence electrons. The van der Waals surface area contributed by atoms with Gasteiger partial charge in [-0.25, -0.2) is 4.39 Å². The predicted octanol–water partition coefficient (Wildman–Crippen LogP) is 3.60. The summed E-state index contributed by atoms with van der Waals surface area (Å²) >= 11 is 0. The number of hydrogen-bond acceptors (Lipinski definition) is 5. The van der Waals surface area contributed by atoms with Crippen LogP contribution >= 0.6 is 0 Å². The smallest absolute Gasteiger partial charge is 0.262 e. The van der Waals surface area contributed by atoms with Gasteiger partial charge in [-0.15, -0.1) is 0 Å². The molecule has 7 nitrogen and oxygen atoms in total. The lowest BCUT2D eigenvalue weighted by molar-refractivity contribution is -0.130. The van der Waals surface area contributed by atoms with E-state index in [4.69, 9.17) is 9.47 Å². The Balaban J connectivity index is 1.60. The molecule has 8 heteroatoms. The SMILES string of the molecule is COc1ccc(N2C(=O)C(N3C(=O)c4ccccc4C3=O)C2c2ccc(F)cc2)c(OC)c1. The number of amides is 3. The van der Waals surface area contributed by atoms with Crippen molar-refractivity contribution in [3.8, 4) is 11.5 Å². The summed E-state index contributed by atoms with van der Waals surface area (Å²) in [5.41, 5.74) is 1.54. The van der Waals surface area contributed by atoms with Gasteiger partial charge in [-0.3, -0.25) is 24.2 Å². The standard InChI is InChI=1S/C25H19FN2O5/c1-32-16-11-12-19(20(13-16)33-2)27-21(14-7-9-15(26)10-8-14)22(25(27)31)28-23(29)17-5-3-4-6-18(17)24(28)30/h3-13,21-22H,1-2H3. The molecule has 0 spiro atoms. The molecule has 3 aromatic carbocycles. The number of benzene rings is 3. The van der Waals surface area contributed by atoms with E-state index in [2.05, 4.69) is 0 Å². The zero-order valence-electron chi connectivity index (χ0n) is 17.8. The molecular formula is C25H19FN2O5. The number of fused-ring (bicyclic) bond motifs is 1. The lowest BCUT2D eigenvalue weighted by Crippen LogP contribution is -2.67. The van der Waals surface area contributed by atoms with Gasteiger partial charge in [0.15, 0.2) is 0 Å². The molecule has 0 aromatic heterocycles. The van der Waals surface area contributed by atoms with Gasteiger partial charge in [-0.2, -0.15) is 0 Å². The first kappa shape index (κ1) is 20.7. The van der Waals surface area contributed by atoms with Gasteiger partial charge < -0.3 is 9.47 Å². The van der Waals surface area contributed by atoms with Crippen LogP contribution in [0.1, 0.15) is 32.3 Å². The van der Waals surface area contributed by atoms with Crippen LogP contribution in [0, 0.1) is 5.82 Å². The van der Waals surface area contributed by atoms with Gasteiger partial charge in [0, 0.05) is 6.07 Å². The van der Waals surface area contributed by atoms with Crippen LogP contribution in [0.2, 0.25) is 0 Å². The molecule has 0 aliphatic carbocycles. The summed E-state index contributed by atoms with van der Waals surface area (Å²) in [5.74, 6) is -1.00. The monoisotopic (exact) mass is 446 g/mol. The first-order valence-electron chi connectivity index (χ1n) is 10.2. The van der Waals surface area contributed by atoms with E-state index in [1.54, 1.807) is 54.6 Å². The van der Waals surface area contributed by atoms with Crippen molar-refractivity contribution >= 4 is 23.4 Å². The fourth-order valence-corrected chi connectivity index (χ4v) is 4.43. The Hall–Kier alpha value is -4.20. The normalized spacial score (nSPS) is 19.4. The van der Waals surface area contributed by atoms with Gasteiger partial charge in [-0.1, -0.05) is 24.3 Å². The number of anilines is 1.